The van der Waals surface area contributed by atoms with Gasteiger partial charge in [0, 0.05) is 17.3 Å². The fourth-order valence-corrected chi connectivity index (χ4v) is 3.09. The van der Waals surface area contributed by atoms with Gasteiger partial charge in [-0.3, -0.25) is 4.79 Å². The van der Waals surface area contributed by atoms with Crippen LogP contribution in [0.2, 0.25) is 0 Å². The van der Waals surface area contributed by atoms with Gasteiger partial charge >= 0.3 is 0 Å². The SMILES string of the molecule is C=C(C)/C=C(\OC)c1ccc(C)c(-c2ccc(NC(=O)c3c(F)cccc3F)nc2)c1. The van der Waals surface area contributed by atoms with Crippen molar-refractivity contribution in [1.82, 2.24) is 4.98 Å². The Morgan fingerprint density at radius 2 is 1.84 bits per heavy atom. The number of ether oxygens (including phenoxy) is 1. The van der Waals surface area contributed by atoms with Crippen LogP contribution in [0.25, 0.3) is 16.9 Å². The lowest BCUT2D eigenvalue weighted by atomic mass is 9.98. The van der Waals surface area contributed by atoms with Crippen molar-refractivity contribution in [2.24, 2.45) is 0 Å². The zero-order valence-corrected chi connectivity index (χ0v) is 17.5. The summed E-state index contributed by atoms with van der Waals surface area (Å²) in [6.07, 6.45) is 3.45. The third kappa shape index (κ3) is 5.04. The van der Waals surface area contributed by atoms with Crippen molar-refractivity contribution in [1.29, 1.82) is 0 Å². The third-order valence-corrected chi connectivity index (χ3v) is 4.63. The molecule has 6 heteroatoms. The van der Waals surface area contributed by atoms with Gasteiger partial charge in [-0.05, 0) is 61.4 Å². The van der Waals surface area contributed by atoms with Gasteiger partial charge in [-0.15, -0.1) is 0 Å². The van der Waals surface area contributed by atoms with E-state index in [1.165, 1.54) is 6.07 Å². The highest BCUT2D eigenvalue weighted by Crippen LogP contribution is 2.28. The standard InChI is InChI=1S/C25H22F2N2O2/c1-15(2)12-22(31-4)17-9-8-16(3)19(13-17)18-10-11-23(28-14-18)29-25(30)24-20(26)6-5-7-21(24)27/h5-14H,1H2,2-4H3,(H,28,29,30)/b22-12-. The minimum Gasteiger partial charge on any atom is -0.496 e. The van der Waals surface area contributed by atoms with Crippen LogP contribution in [0.4, 0.5) is 14.6 Å². The highest BCUT2D eigenvalue weighted by molar-refractivity contribution is 6.04. The number of aryl methyl sites for hydroxylation is 1. The molecule has 0 aliphatic rings. The molecule has 1 aromatic heterocycles. The molecule has 1 heterocycles. The predicted molar refractivity (Wildman–Crippen MR) is 119 cm³/mol. The van der Waals surface area contributed by atoms with Crippen LogP contribution in [-0.4, -0.2) is 18.0 Å². The van der Waals surface area contributed by atoms with Crippen molar-refractivity contribution in [3.05, 3.63) is 101 Å². The second kappa shape index (κ2) is 9.34. The lowest BCUT2D eigenvalue weighted by molar-refractivity contribution is 0.101. The molecule has 31 heavy (non-hydrogen) atoms. The molecule has 3 aromatic rings. The summed E-state index contributed by atoms with van der Waals surface area (Å²) >= 11 is 0. The van der Waals surface area contributed by atoms with E-state index in [9.17, 15) is 13.6 Å². The monoisotopic (exact) mass is 420 g/mol. The maximum absolute atomic E-state index is 13.8. The summed E-state index contributed by atoms with van der Waals surface area (Å²) in [4.78, 5) is 16.5. The van der Waals surface area contributed by atoms with Crippen molar-refractivity contribution in [3.8, 4) is 11.1 Å². The molecule has 158 valence electrons. The van der Waals surface area contributed by atoms with Crippen molar-refractivity contribution in [3.63, 3.8) is 0 Å². The third-order valence-electron chi connectivity index (χ3n) is 4.63. The molecule has 0 atom stereocenters. The van der Waals surface area contributed by atoms with E-state index >= 15 is 0 Å². The number of benzene rings is 2. The number of aromatic nitrogens is 1. The van der Waals surface area contributed by atoms with E-state index < -0.39 is 23.1 Å². The maximum Gasteiger partial charge on any atom is 0.262 e. The van der Waals surface area contributed by atoms with Crippen molar-refractivity contribution in [2.75, 3.05) is 12.4 Å². The van der Waals surface area contributed by atoms with Gasteiger partial charge in [0.05, 0.1) is 7.11 Å². The molecule has 0 aliphatic heterocycles. The normalized spacial score (nSPS) is 11.2. The number of nitrogens with one attached hydrogen (secondary N) is 1. The number of hydrogen-bond acceptors (Lipinski definition) is 3. The molecule has 1 amide bonds. The van der Waals surface area contributed by atoms with Crippen LogP contribution in [0.1, 0.15) is 28.4 Å². The topological polar surface area (TPSA) is 51.2 Å². The molecular weight excluding hydrogens is 398 g/mol. The summed E-state index contributed by atoms with van der Waals surface area (Å²) in [5.74, 6) is -1.89. The average Bonchev–Trinajstić information content (AvgIpc) is 2.73. The van der Waals surface area contributed by atoms with E-state index in [1.54, 1.807) is 25.4 Å². The molecule has 0 saturated carbocycles. The van der Waals surface area contributed by atoms with Crippen molar-refractivity contribution >= 4 is 17.5 Å². The van der Waals surface area contributed by atoms with Crippen LogP contribution in [-0.2, 0) is 4.74 Å². The van der Waals surface area contributed by atoms with Crippen LogP contribution in [0.5, 0.6) is 0 Å². The zero-order valence-electron chi connectivity index (χ0n) is 17.5. The molecule has 0 spiro atoms. The Balaban J connectivity index is 1.87. The number of methoxy groups -OCH3 is 1. The van der Waals surface area contributed by atoms with Crippen LogP contribution >= 0.6 is 0 Å². The fraction of sp³-hybridized carbons (Fsp3) is 0.120. The summed E-state index contributed by atoms with van der Waals surface area (Å²) in [6, 6.07) is 12.5. The summed E-state index contributed by atoms with van der Waals surface area (Å²) in [5.41, 5.74) is 3.90. The first-order valence-corrected chi connectivity index (χ1v) is 9.54. The molecular formula is C25H22F2N2O2. The maximum atomic E-state index is 13.8. The van der Waals surface area contributed by atoms with E-state index in [0.29, 0.717) is 5.76 Å². The Morgan fingerprint density at radius 1 is 1.13 bits per heavy atom. The number of nitrogens with zero attached hydrogens (tertiary/aromatic N) is 1. The second-order valence-electron chi connectivity index (χ2n) is 7.07. The number of carbonyl (C=O) groups excluding carboxylic acids is 1. The summed E-state index contributed by atoms with van der Waals surface area (Å²) in [5, 5.41) is 2.42. The van der Waals surface area contributed by atoms with E-state index in [-0.39, 0.29) is 5.82 Å². The number of allylic oxidation sites excluding steroid dienone is 2. The first-order chi connectivity index (χ1) is 14.8. The Bertz CT molecular complexity index is 1150. The van der Waals surface area contributed by atoms with Crippen molar-refractivity contribution in [2.45, 2.75) is 13.8 Å². The number of rotatable bonds is 6. The lowest BCUT2D eigenvalue weighted by Gasteiger charge is -2.12. The number of pyridine rings is 1. The molecule has 0 unspecified atom stereocenters. The van der Waals surface area contributed by atoms with E-state index in [1.807, 2.05) is 38.1 Å². The Labute approximate surface area is 179 Å². The molecule has 0 bridgehead atoms. The molecule has 3 rings (SSSR count). The molecule has 4 nitrogen and oxygen atoms in total. The molecule has 1 N–H and O–H groups in total. The zero-order chi connectivity index (χ0) is 22.5. The summed E-state index contributed by atoms with van der Waals surface area (Å²) in [7, 11) is 1.60. The summed E-state index contributed by atoms with van der Waals surface area (Å²) < 4.78 is 33.1. The fourth-order valence-electron chi connectivity index (χ4n) is 3.09. The van der Waals surface area contributed by atoms with Gasteiger partial charge in [-0.25, -0.2) is 13.8 Å². The molecule has 0 saturated heterocycles. The quantitative estimate of drug-likeness (QED) is 0.384. The van der Waals surface area contributed by atoms with Crippen LogP contribution in [0.15, 0.2) is 73.0 Å². The van der Waals surface area contributed by atoms with Gasteiger partial charge in [-0.1, -0.05) is 30.4 Å². The minimum absolute atomic E-state index is 0.185. The number of hydrogen-bond donors (Lipinski definition) is 1. The Hall–Kier alpha value is -3.80. The van der Waals surface area contributed by atoms with Gasteiger partial charge in [-0.2, -0.15) is 0 Å². The van der Waals surface area contributed by atoms with Gasteiger partial charge in [0.2, 0.25) is 0 Å². The molecule has 2 aromatic carbocycles. The Morgan fingerprint density at radius 3 is 2.42 bits per heavy atom. The van der Waals surface area contributed by atoms with Crippen LogP contribution in [0.3, 0.4) is 0 Å². The minimum atomic E-state index is -0.932. The first kappa shape index (κ1) is 21.9. The number of anilines is 1. The number of halogens is 2. The van der Waals surface area contributed by atoms with Gasteiger partial charge in [0.25, 0.3) is 5.91 Å². The molecule has 0 fully saturated rings. The van der Waals surface area contributed by atoms with Crippen molar-refractivity contribution < 1.29 is 18.3 Å². The predicted octanol–water partition coefficient (Wildman–Crippen LogP) is 6.15. The first-order valence-electron chi connectivity index (χ1n) is 9.54. The van der Waals surface area contributed by atoms with E-state index in [2.05, 4.69) is 16.9 Å². The van der Waals surface area contributed by atoms with E-state index in [0.717, 1.165) is 40.0 Å². The van der Waals surface area contributed by atoms with Crippen LogP contribution in [0, 0.1) is 18.6 Å². The lowest BCUT2D eigenvalue weighted by Crippen LogP contribution is -2.16. The second-order valence-corrected chi connectivity index (χ2v) is 7.07. The molecule has 0 aliphatic carbocycles. The average molecular weight is 420 g/mol. The molecule has 0 radical (unpaired) electrons. The number of carbonyl (C=O) groups is 1. The Kier molecular flexibility index (Phi) is 6.60. The number of amides is 1. The van der Waals surface area contributed by atoms with E-state index in [4.69, 9.17) is 4.74 Å². The summed E-state index contributed by atoms with van der Waals surface area (Å²) in [6.45, 7) is 7.75. The largest absolute Gasteiger partial charge is 0.496 e. The smallest absolute Gasteiger partial charge is 0.262 e. The van der Waals surface area contributed by atoms with Gasteiger partial charge < -0.3 is 10.1 Å². The van der Waals surface area contributed by atoms with Crippen LogP contribution < -0.4 is 5.32 Å². The highest BCUT2D eigenvalue weighted by atomic mass is 19.1. The van der Waals surface area contributed by atoms with Gasteiger partial charge in [0.1, 0.15) is 28.8 Å². The van der Waals surface area contributed by atoms with Gasteiger partial charge in [0.15, 0.2) is 0 Å². The highest BCUT2D eigenvalue weighted by Gasteiger charge is 2.17.